The Kier molecular flexibility index (Phi) is 4.80. The van der Waals surface area contributed by atoms with Crippen molar-refractivity contribution < 1.29 is 14.4 Å². The summed E-state index contributed by atoms with van der Waals surface area (Å²) in [5, 5.41) is 2.29. The first-order valence-electron chi connectivity index (χ1n) is 10.2. The summed E-state index contributed by atoms with van der Waals surface area (Å²) >= 11 is 6.09. The number of aryl methyl sites for hydroxylation is 2. The zero-order valence-corrected chi connectivity index (χ0v) is 17.9. The van der Waals surface area contributed by atoms with Crippen LogP contribution in [0, 0.1) is 19.8 Å². The standard InChI is InChI=1S/C25H21ClN2O3/c1-15-8-13-20(14-16(15)2)27-24(29)21-22(17-9-11-18(26)12-10-17)28(31-23(21)25(27)30)19-6-4-3-5-7-19/h3-14,21-23H,1-2H3. The molecule has 3 atom stereocenters. The molecule has 6 heteroatoms. The van der Waals surface area contributed by atoms with Crippen molar-refractivity contribution in [2.75, 3.05) is 9.96 Å². The van der Waals surface area contributed by atoms with Crippen LogP contribution in [0.4, 0.5) is 11.4 Å². The molecule has 2 saturated heterocycles. The number of imide groups is 1. The third-order valence-corrected chi connectivity index (χ3v) is 6.34. The molecule has 0 spiro atoms. The third-order valence-electron chi connectivity index (χ3n) is 6.09. The van der Waals surface area contributed by atoms with Crippen molar-refractivity contribution in [3.63, 3.8) is 0 Å². The van der Waals surface area contributed by atoms with Crippen molar-refractivity contribution in [1.29, 1.82) is 0 Å². The highest BCUT2D eigenvalue weighted by atomic mass is 35.5. The van der Waals surface area contributed by atoms with E-state index in [1.54, 1.807) is 17.2 Å². The predicted octanol–water partition coefficient (Wildman–Crippen LogP) is 5.01. The number of benzene rings is 3. The molecular formula is C25H21ClN2O3. The average Bonchev–Trinajstić information content (AvgIpc) is 3.28. The Labute approximate surface area is 185 Å². The molecule has 0 aliphatic carbocycles. The van der Waals surface area contributed by atoms with Gasteiger partial charge in [0.05, 0.1) is 17.4 Å². The number of hydrogen-bond donors (Lipinski definition) is 0. The highest BCUT2D eigenvalue weighted by molar-refractivity contribution is 6.30. The molecule has 0 N–H and O–H groups in total. The molecule has 3 aromatic rings. The number of nitrogens with zero attached hydrogens (tertiary/aromatic N) is 2. The van der Waals surface area contributed by atoms with E-state index in [0.29, 0.717) is 10.7 Å². The molecular weight excluding hydrogens is 412 g/mol. The van der Waals surface area contributed by atoms with E-state index in [-0.39, 0.29) is 11.8 Å². The summed E-state index contributed by atoms with van der Waals surface area (Å²) in [6.45, 7) is 3.97. The molecule has 2 aliphatic rings. The molecule has 0 bridgehead atoms. The maximum absolute atomic E-state index is 13.6. The zero-order chi connectivity index (χ0) is 21.7. The van der Waals surface area contributed by atoms with Crippen molar-refractivity contribution in [3.05, 3.63) is 94.5 Å². The first-order valence-corrected chi connectivity index (χ1v) is 10.5. The SMILES string of the molecule is Cc1ccc(N2C(=O)C3ON(c4ccccc4)C(c4ccc(Cl)cc4)C3C2=O)cc1C. The highest BCUT2D eigenvalue weighted by Gasteiger charge is 2.60. The normalized spacial score (nSPS) is 22.9. The van der Waals surface area contributed by atoms with Gasteiger partial charge in [-0.15, -0.1) is 0 Å². The molecule has 0 radical (unpaired) electrons. The van der Waals surface area contributed by atoms with Gasteiger partial charge in [-0.05, 0) is 66.9 Å². The Balaban J connectivity index is 1.58. The summed E-state index contributed by atoms with van der Waals surface area (Å²) in [4.78, 5) is 34.3. The monoisotopic (exact) mass is 432 g/mol. The first kappa shape index (κ1) is 19.8. The Bertz CT molecular complexity index is 1160. The van der Waals surface area contributed by atoms with Gasteiger partial charge in [-0.1, -0.05) is 48.0 Å². The number of anilines is 2. The molecule has 3 aromatic carbocycles. The fourth-order valence-electron chi connectivity index (χ4n) is 4.33. The van der Waals surface area contributed by atoms with Crippen LogP contribution in [-0.2, 0) is 14.4 Å². The number of hydroxylamine groups is 1. The van der Waals surface area contributed by atoms with E-state index < -0.39 is 18.1 Å². The number of carbonyl (C=O) groups excluding carboxylic acids is 2. The van der Waals surface area contributed by atoms with Crippen LogP contribution >= 0.6 is 11.6 Å². The predicted molar refractivity (Wildman–Crippen MR) is 120 cm³/mol. The summed E-state index contributed by atoms with van der Waals surface area (Å²) in [7, 11) is 0. The lowest BCUT2D eigenvalue weighted by atomic mass is 9.90. The van der Waals surface area contributed by atoms with Gasteiger partial charge in [-0.2, -0.15) is 0 Å². The minimum Gasteiger partial charge on any atom is -0.273 e. The third kappa shape index (κ3) is 3.21. The van der Waals surface area contributed by atoms with Gasteiger partial charge in [0.15, 0.2) is 6.10 Å². The molecule has 3 unspecified atom stereocenters. The molecule has 156 valence electrons. The second kappa shape index (κ2) is 7.52. The van der Waals surface area contributed by atoms with Gasteiger partial charge in [0.2, 0.25) is 5.91 Å². The van der Waals surface area contributed by atoms with Crippen LogP contribution in [-0.4, -0.2) is 17.9 Å². The molecule has 31 heavy (non-hydrogen) atoms. The van der Waals surface area contributed by atoms with E-state index in [9.17, 15) is 9.59 Å². The van der Waals surface area contributed by atoms with E-state index in [1.807, 2.05) is 74.5 Å². The van der Waals surface area contributed by atoms with Gasteiger partial charge >= 0.3 is 0 Å². The average molecular weight is 433 g/mol. The Morgan fingerprint density at radius 1 is 0.806 bits per heavy atom. The van der Waals surface area contributed by atoms with Crippen molar-refractivity contribution in [1.82, 2.24) is 0 Å². The highest BCUT2D eigenvalue weighted by Crippen LogP contribution is 2.47. The van der Waals surface area contributed by atoms with E-state index in [4.69, 9.17) is 16.4 Å². The molecule has 2 heterocycles. The van der Waals surface area contributed by atoms with Crippen molar-refractivity contribution in [2.45, 2.75) is 26.0 Å². The lowest BCUT2D eigenvalue weighted by Crippen LogP contribution is -2.37. The van der Waals surface area contributed by atoms with Gasteiger partial charge in [0.25, 0.3) is 5.91 Å². The number of fused-ring (bicyclic) bond motifs is 1. The summed E-state index contributed by atoms with van der Waals surface area (Å²) in [5.74, 6) is -1.25. The fraction of sp³-hybridized carbons (Fsp3) is 0.200. The molecule has 0 saturated carbocycles. The van der Waals surface area contributed by atoms with Gasteiger partial charge in [-0.25, -0.2) is 9.96 Å². The second-order valence-electron chi connectivity index (χ2n) is 7.99. The summed E-state index contributed by atoms with van der Waals surface area (Å²) in [5.41, 5.74) is 4.36. The number of hydrogen-bond acceptors (Lipinski definition) is 4. The van der Waals surface area contributed by atoms with Gasteiger partial charge in [-0.3, -0.25) is 14.4 Å². The van der Waals surface area contributed by atoms with E-state index >= 15 is 0 Å². The fourth-order valence-corrected chi connectivity index (χ4v) is 4.46. The Morgan fingerprint density at radius 3 is 2.19 bits per heavy atom. The van der Waals surface area contributed by atoms with E-state index in [0.717, 1.165) is 22.4 Å². The van der Waals surface area contributed by atoms with Crippen LogP contribution in [0.1, 0.15) is 22.7 Å². The number of rotatable bonds is 3. The largest absolute Gasteiger partial charge is 0.273 e. The van der Waals surface area contributed by atoms with E-state index in [1.165, 1.54) is 4.90 Å². The zero-order valence-electron chi connectivity index (χ0n) is 17.2. The molecule has 5 nitrogen and oxygen atoms in total. The lowest BCUT2D eigenvalue weighted by Gasteiger charge is -2.29. The van der Waals surface area contributed by atoms with Crippen LogP contribution in [0.25, 0.3) is 0 Å². The van der Waals surface area contributed by atoms with Crippen LogP contribution in [0.3, 0.4) is 0 Å². The first-order chi connectivity index (χ1) is 15.0. The van der Waals surface area contributed by atoms with Crippen molar-refractivity contribution >= 4 is 34.8 Å². The van der Waals surface area contributed by atoms with Crippen molar-refractivity contribution in [2.24, 2.45) is 5.92 Å². The molecule has 2 fully saturated rings. The maximum Gasteiger partial charge on any atom is 0.266 e. The van der Waals surface area contributed by atoms with Crippen LogP contribution in [0.5, 0.6) is 0 Å². The smallest absolute Gasteiger partial charge is 0.266 e. The Hall–Kier alpha value is -3.15. The van der Waals surface area contributed by atoms with Crippen molar-refractivity contribution in [3.8, 4) is 0 Å². The molecule has 2 aliphatic heterocycles. The number of amides is 2. The number of para-hydroxylation sites is 1. The minimum atomic E-state index is -0.880. The lowest BCUT2D eigenvalue weighted by molar-refractivity contribution is -0.126. The summed E-state index contributed by atoms with van der Waals surface area (Å²) in [6, 6.07) is 22.0. The number of halogens is 1. The minimum absolute atomic E-state index is 0.253. The number of carbonyl (C=O) groups is 2. The van der Waals surface area contributed by atoms with Crippen LogP contribution in [0.15, 0.2) is 72.8 Å². The Morgan fingerprint density at radius 2 is 1.52 bits per heavy atom. The maximum atomic E-state index is 13.6. The van der Waals surface area contributed by atoms with Crippen LogP contribution in [0.2, 0.25) is 5.02 Å². The van der Waals surface area contributed by atoms with Gasteiger partial charge < -0.3 is 0 Å². The molecule has 2 amide bonds. The van der Waals surface area contributed by atoms with Gasteiger partial charge in [0.1, 0.15) is 5.92 Å². The second-order valence-corrected chi connectivity index (χ2v) is 8.43. The topological polar surface area (TPSA) is 49.9 Å². The molecule has 5 rings (SSSR count). The molecule has 0 aromatic heterocycles. The van der Waals surface area contributed by atoms with Gasteiger partial charge in [0, 0.05) is 5.02 Å². The van der Waals surface area contributed by atoms with E-state index in [2.05, 4.69) is 0 Å². The summed E-state index contributed by atoms with van der Waals surface area (Å²) in [6.07, 6.45) is -0.880. The summed E-state index contributed by atoms with van der Waals surface area (Å²) < 4.78 is 0. The quantitative estimate of drug-likeness (QED) is 0.546. The van der Waals surface area contributed by atoms with Crippen LogP contribution < -0.4 is 9.96 Å².